The predicted molar refractivity (Wildman–Crippen MR) is 97.4 cm³/mol. The third-order valence-electron chi connectivity index (χ3n) is 5.79. The number of hydrogen-bond acceptors (Lipinski definition) is 6. The first kappa shape index (κ1) is 17.3. The standard InChI is InChI=1S/C18H21F2N7O/c1-25-8-11(7-22-25)23-17-21-5-4-15(24-17)26-9-12-2-3-13(10-26)27(12)16(28)14-6-18(14,19)20/h4-5,7-8,12-14H,2-3,6,9-10H2,1H3,(H,21,23,24)/t12?,13?,14-/m1/s1. The van der Waals surface area contributed by atoms with Crippen molar-refractivity contribution < 1.29 is 13.6 Å². The number of aryl methyl sites for hydroxylation is 1. The Kier molecular flexibility index (Phi) is 3.78. The van der Waals surface area contributed by atoms with Gasteiger partial charge in [0.05, 0.1) is 11.9 Å². The van der Waals surface area contributed by atoms with Gasteiger partial charge in [0, 0.05) is 51.0 Å². The Hall–Kier alpha value is -2.78. The molecule has 3 aliphatic rings. The van der Waals surface area contributed by atoms with Crippen LogP contribution in [-0.2, 0) is 11.8 Å². The van der Waals surface area contributed by atoms with Crippen molar-refractivity contribution in [3.63, 3.8) is 0 Å². The topological polar surface area (TPSA) is 79.2 Å². The zero-order valence-corrected chi connectivity index (χ0v) is 15.4. The highest BCUT2D eigenvalue weighted by Crippen LogP contribution is 2.51. The summed E-state index contributed by atoms with van der Waals surface area (Å²) in [6.45, 7) is 1.20. The molecule has 2 bridgehead atoms. The van der Waals surface area contributed by atoms with E-state index in [1.165, 1.54) is 0 Å². The number of alkyl halides is 2. The highest BCUT2D eigenvalue weighted by molar-refractivity contribution is 5.84. The summed E-state index contributed by atoms with van der Waals surface area (Å²) >= 11 is 0. The van der Waals surface area contributed by atoms with Crippen molar-refractivity contribution in [3.8, 4) is 0 Å². The van der Waals surface area contributed by atoms with Gasteiger partial charge in [0.2, 0.25) is 11.9 Å². The molecule has 0 spiro atoms. The zero-order valence-electron chi connectivity index (χ0n) is 15.4. The molecule has 8 nitrogen and oxygen atoms in total. The van der Waals surface area contributed by atoms with E-state index in [0.717, 1.165) is 24.3 Å². The fourth-order valence-corrected chi connectivity index (χ4v) is 4.31. The molecule has 0 aromatic carbocycles. The third-order valence-corrected chi connectivity index (χ3v) is 5.79. The van der Waals surface area contributed by atoms with E-state index in [4.69, 9.17) is 0 Å². The fourth-order valence-electron chi connectivity index (χ4n) is 4.31. The maximum Gasteiger partial charge on any atom is 0.260 e. The quantitative estimate of drug-likeness (QED) is 0.859. The lowest BCUT2D eigenvalue weighted by Crippen LogP contribution is -2.56. The number of halogens is 2. The molecule has 2 aromatic rings. The first-order chi connectivity index (χ1) is 13.4. The average Bonchev–Trinajstić information content (AvgIpc) is 2.96. The summed E-state index contributed by atoms with van der Waals surface area (Å²) in [5.74, 6) is -3.07. The third kappa shape index (κ3) is 2.96. The van der Waals surface area contributed by atoms with Crippen molar-refractivity contribution in [1.29, 1.82) is 0 Å². The van der Waals surface area contributed by atoms with E-state index in [2.05, 4.69) is 25.3 Å². The van der Waals surface area contributed by atoms with Crippen molar-refractivity contribution in [3.05, 3.63) is 24.7 Å². The van der Waals surface area contributed by atoms with Crippen LogP contribution in [0.2, 0.25) is 0 Å². The van der Waals surface area contributed by atoms with E-state index in [1.807, 2.05) is 19.3 Å². The summed E-state index contributed by atoms with van der Waals surface area (Å²) in [7, 11) is 1.83. The van der Waals surface area contributed by atoms with Gasteiger partial charge in [-0.15, -0.1) is 0 Å². The summed E-state index contributed by atoms with van der Waals surface area (Å²) in [5.41, 5.74) is 0.792. The molecule has 2 saturated heterocycles. The number of aromatic nitrogens is 4. The molecule has 3 atom stereocenters. The predicted octanol–water partition coefficient (Wildman–Crippen LogP) is 1.79. The van der Waals surface area contributed by atoms with E-state index in [1.54, 1.807) is 22.0 Å². The van der Waals surface area contributed by atoms with Crippen LogP contribution in [0.25, 0.3) is 0 Å². The Morgan fingerprint density at radius 1 is 1.29 bits per heavy atom. The van der Waals surface area contributed by atoms with Gasteiger partial charge in [-0.05, 0) is 18.9 Å². The lowest BCUT2D eigenvalue weighted by Gasteiger charge is -2.41. The number of amides is 1. The molecule has 0 radical (unpaired) electrons. The molecule has 2 aromatic heterocycles. The van der Waals surface area contributed by atoms with Crippen LogP contribution in [0.4, 0.5) is 26.2 Å². The molecule has 5 rings (SSSR count). The highest BCUT2D eigenvalue weighted by Gasteiger charge is 2.64. The second kappa shape index (κ2) is 6.11. The molecule has 1 saturated carbocycles. The minimum Gasteiger partial charge on any atom is -0.352 e. The van der Waals surface area contributed by atoms with E-state index < -0.39 is 11.8 Å². The van der Waals surface area contributed by atoms with Gasteiger partial charge in [-0.25, -0.2) is 13.8 Å². The molecule has 4 heterocycles. The molecule has 1 aliphatic carbocycles. The van der Waals surface area contributed by atoms with Crippen molar-refractivity contribution in [2.75, 3.05) is 23.3 Å². The van der Waals surface area contributed by atoms with Gasteiger partial charge in [0.1, 0.15) is 11.7 Å². The summed E-state index contributed by atoms with van der Waals surface area (Å²) in [5, 5.41) is 7.23. The van der Waals surface area contributed by atoms with Crippen LogP contribution in [0, 0.1) is 5.92 Å². The summed E-state index contributed by atoms with van der Waals surface area (Å²) in [6.07, 6.45) is 6.59. The maximum atomic E-state index is 13.4. The van der Waals surface area contributed by atoms with Gasteiger partial charge in [-0.3, -0.25) is 9.48 Å². The molecule has 10 heteroatoms. The molecule has 1 N–H and O–H groups in total. The van der Waals surface area contributed by atoms with Gasteiger partial charge < -0.3 is 15.1 Å². The van der Waals surface area contributed by atoms with Gasteiger partial charge >= 0.3 is 0 Å². The lowest BCUT2D eigenvalue weighted by molar-refractivity contribution is -0.138. The van der Waals surface area contributed by atoms with Crippen LogP contribution < -0.4 is 10.2 Å². The number of anilines is 3. The summed E-state index contributed by atoms with van der Waals surface area (Å²) in [4.78, 5) is 25.2. The van der Waals surface area contributed by atoms with E-state index in [0.29, 0.717) is 19.0 Å². The van der Waals surface area contributed by atoms with Gasteiger partial charge in [-0.1, -0.05) is 0 Å². The Labute approximate surface area is 160 Å². The highest BCUT2D eigenvalue weighted by atomic mass is 19.3. The number of nitrogens with zero attached hydrogens (tertiary/aromatic N) is 6. The molecule has 2 unspecified atom stereocenters. The Morgan fingerprint density at radius 3 is 2.61 bits per heavy atom. The number of rotatable bonds is 4. The van der Waals surface area contributed by atoms with Crippen LogP contribution in [0.15, 0.2) is 24.7 Å². The SMILES string of the molecule is Cn1cc(Nc2nccc(N3CC4CCC(C3)N4C(=O)[C@H]3CC3(F)F)n2)cn1. The van der Waals surface area contributed by atoms with Gasteiger partial charge in [0.25, 0.3) is 5.92 Å². The number of carbonyl (C=O) groups is 1. The minimum atomic E-state index is -2.81. The molecular weight excluding hydrogens is 368 g/mol. The van der Waals surface area contributed by atoms with Crippen molar-refractivity contribution in [1.82, 2.24) is 24.6 Å². The first-order valence-corrected chi connectivity index (χ1v) is 9.44. The lowest BCUT2D eigenvalue weighted by atomic mass is 10.1. The summed E-state index contributed by atoms with van der Waals surface area (Å²) < 4.78 is 28.4. The number of fused-ring (bicyclic) bond motifs is 2. The fraction of sp³-hybridized carbons (Fsp3) is 0.556. The second-order valence-electron chi connectivity index (χ2n) is 7.82. The van der Waals surface area contributed by atoms with Gasteiger partial charge in [-0.2, -0.15) is 10.1 Å². The van der Waals surface area contributed by atoms with Crippen LogP contribution in [0.1, 0.15) is 19.3 Å². The number of hydrogen-bond donors (Lipinski definition) is 1. The van der Waals surface area contributed by atoms with Crippen molar-refractivity contribution in [2.45, 2.75) is 37.3 Å². The first-order valence-electron chi connectivity index (χ1n) is 9.44. The molecule has 148 valence electrons. The largest absolute Gasteiger partial charge is 0.352 e. The number of piperazine rings is 1. The van der Waals surface area contributed by atoms with Crippen LogP contribution in [0.3, 0.4) is 0 Å². The Morgan fingerprint density at radius 2 is 2.00 bits per heavy atom. The maximum absolute atomic E-state index is 13.4. The number of carbonyl (C=O) groups excluding carboxylic acids is 1. The minimum absolute atomic E-state index is 0.0349. The van der Waals surface area contributed by atoms with Crippen LogP contribution in [0.5, 0.6) is 0 Å². The van der Waals surface area contributed by atoms with Crippen LogP contribution in [-0.4, -0.2) is 61.7 Å². The smallest absolute Gasteiger partial charge is 0.260 e. The zero-order chi connectivity index (χ0) is 19.5. The summed E-state index contributed by atoms with van der Waals surface area (Å²) in [6, 6.07) is 1.76. The number of nitrogens with one attached hydrogen (secondary N) is 1. The molecule has 1 amide bonds. The van der Waals surface area contributed by atoms with E-state index >= 15 is 0 Å². The van der Waals surface area contributed by atoms with Crippen LogP contribution >= 0.6 is 0 Å². The molecule has 3 fully saturated rings. The van der Waals surface area contributed by atoms with Crippen molar-refractivity contribution in [2.24, 2.45) is 13.0 Å². The van der Waals surface area contributed by atoms with Crippen molar-refractivity contribution >= 4 is 23.4 Å². The van der Waals surface area contributed by atoms with E-state index in [9.17, 15) is 13.6 Å². The Balaban J connectivity index is 1.30. The second-order valence-corrected chi connectivity index (χ2v) is 7.82. The molecule has 2 aliphatic heterocycles. The van der Waals surface area contributed by atoms with Gasteiger partial charge in [0.15, 0.2) is 0 Å². The average molecular weight is 389 g/mol. The molecule has 28 heavy (non-hydrogen) atoms. The normalized spacial score (nSPS) is 27.8. The Bertz CT molecular complexity index is 903. The van der Waals surface area contributed by atoms with E-state index in [-0.39, 0.29) is 24.4 Å². The molecular formula is C18H21F2N7O. The monoisotopic (exact) mass is 389 g/mol.